The van der Waals surface area contributed by atoms with Crippen molar-refractivity contribution in [3.05, 3.63) is 35.9 Å². The number of hydrogen-bond acceptors (Lipinski definition) is 4. The van der Waals surface area contributed by atoms with Gasteiger partial charge in [0.05, 0.1) is 31.3 Å². The van der Waals surface area contributed by atoms with Crippen molar-refractivity contribution < 1.29 is 14.3 Å². The SMILES string of the molecule is CN(C)C1COC[C@@H]2[C@@H]1NC(=O)C(=O)N2Cc1ccccc1. The number of carbonyl (C=O) groups excluding carboxylic acids is 2. The molecule has 2 amide bonds. The molecular weight excluding hydrogens is 282 g/mol. The Morgan fingerprint density at radius 2 is 1.95 bits per heavy atom. The van der Waals surface area contributed by atoms with E-state index in [0.717, 1.165) is 5.56 Å². The number of hydrogen-bond donors (Lipinski definition) is 1. The van der Waals surface area contributed by atoms with Gasteiger partial charge < -0.3 is 19.9 Å². The molecule has 1 N–H and O–H groups in total. The number of nitrogens with one attached hydrogen (secondary N) is 1. The lowest BCUT2D eigenvalue weighted by Crippen LogP contribution is -2.72. The average molecular weight is 303 g/mol. The molecule has 3 rings (SSSR count). The third-order valence-electron chi connectivity index (χ3n) is 4.42. The summed E-state index contributed by atoms with van der Waals surface area (Å²) in [6.07, 6.45) is 0. The summed E-state index contributed by atoms with van der Waals surface area (Å²) in [5.74, 6) is -1.00. The van der Waals surface area contributed by atoms with Gasteiger partial charge in [-0.05, 0) is 19.7 Å². The molecule has 0 aromatic heterocycles. The summed E-state index contributed by atoms with van der Waals surface area (Å²) in [5, 5.41) is 2.86. The molecule has 0 saturated carbocycles. The highest BCUT2D eigenvalue weighted by molar-refractivity contribution is 6.35. The van der Waals surface area contributed by atoms with Crippen LogP contribution in [0, 0.1) is 0 Å². The Morgan fingerprint density at radius 3 is 2.64 bits per heavy atom. The second-order valence-electron chi connectivity index (χ2n) is 6.05. The van der Waals surface area contributed by atoms with Gasteiger partial charge in [-0.1, -0.05) is 30.3 Å². The summed E-state index contributed by atoms with van der Waals surface area (Å²) < 4.78 is 5.68. The van der Waals surface area contributed by atoms with Gasteiger partial charge in [0, 0.05) is 6.54 Å². The summed E-state index contributed by atoms with van der Waals surface area (Å²) in [5.41, 5.74) is 1.01. The number of carbonyl (C=O) groups is 2. The molecule has 0 aliphatic carbocycles. The molecule has 2 saturated heterocycles. The summed E-state index contributed by atoms with van der Waals surface area (Å²) in [4.78, 5) is 28.0. The molecule has 1 aromatic rings. The van der Waals surface area contributed by atoms with Crippen LogP contribution in [0.5, 0.6) is 0 Å². The minimum atomic E-state index is -0.522. The Hall–Kier alpha value is -1.92. The van der Waals surface area contributed by atoms with Crippen molar-refractivity contribution in [3.8, 4) is 0 Å². The molecule has 6 nitrogen and oxygen atoms in total. The topological polar surface area (TPSA) is 61.9 Å². The van der Waals surface area contributed by atoms with Crippen LogP contribution in [-0.2, 0) is 20.9 Å². The molecule has 3 atom stereocenters. The highest BCUT2D eigenvalue weighted by atomic mass is 16.5. The molecule has 118 valence electrons. The average Bonchev–Trinajstić information content (AvgIpc) is 2.52. The number of nitrogens with zero attached hydrogens (tertiary/aromatic N) is 2. The van der Waals surface area contributed by atoms with Crippen LogP contribution in [-0.4, -0.2) is 67.0 Å². The van der Waals surface area contributed by atoms with Gasteiger partial charge in [0.1, 0.15) is 0 Å². The quantitative estimate of drug-likeness (QED) is 0.789. The van der Waals surface area contributed by atoms with Crippen molar-refractivity contribution in [2.45, 2.75) is 24.7 Å². The number of fused-ring (bicyclic) bond motifs is 1. The Labute approximate surface area is 130 Å². The number of ether oxygens (including phenoxy) is 1. The van der Waals surface area contributed by atoms with Crippen LogP contribution < -0.4 is 5.32 Å². The molecule has 2 aliphatic heterocycles. The first kappa shape index (κ1) is 15.0. The molecule has 0 radical (unpaired) electrons. The van der Waals surface area contributed by atoms with Crippen LogP contribution >= 0.6 is 0 Å². The van der Waals surface area contributed by atoms with Crippen LogP contribution in [0.2, 0.25) is 0 Å². The summed E-state index contributed by atoms with van der Waals surface area (Å²) in [6.45, 7) is 1.44. The first-order valence-corrected chi connectivity index (χ1v) is 7.47. The van der Waals surface area contributed by atoms with Gasteiger partial charge in [0.2, 0.25) is 0 Å². The number of rotatable bonds is 3. The predicted octanol–water partition coefficient (Wildman–Crippen LogP) is -0.157. The molecule has 22 heavy (non-hydrogen) atoms. The fourth-order valence-corrected chi connectivity index (χ4v) is 3.18. The second kappa shape index (κ2) is 6.06. The summed E-state index contributed by atoms with van der Waals surface area (Å²) in [6, 6.07) is 9.55. The number of benzene rings is 1. The zero-order chi connectivity index (χ0) is 15.7. The highest BCUT2D eigenvalue weighted by Gasteiger charge is 2.46. The Balaban J connectivity index is 1.86. The van der Waals surface area contributed by atoms with Crippen LogP contribution in [0.3, 0.4) is 0 Å². The number of amides is 2. The molecule has 2 heterocycles. The van der Waals surface area contributed by atoms with Crippen LogP contribution in [0.4, 0.5) is 0 Å². The fraction of sp³-hybridized carbons (Fsp3) is 0.500. The molecule has 1 unspecified atom stereocenters. The van der Waals surface area contributed by atoms with E-state index in [4.69, 9.17) is 4.74 Å². The molecule has 2 aliphatic rings. The second-order valence-corrected chi connectivity index (χ2v) is 6.05. The summed E-state index contributed by atoms with van der Waals surface area (Å²) in [7, 11) is 3.92. The lowest BCUT2D eigenvalue weighted by Gasteiger charge is -2.48. The van der Waals surface area contributed by atoms with Crippen molar-refractivity contribution in [1.82, 2.24) is 15.1 Å². The first-order valence-electron chi connectivity index (χ1n) is 7.47. The minimum Gasteiger partial charge on any atom is -0.378 e. The lowest BCUT2D eigenvalue weighted by atomic mass is 9.93. The third-order valence-corrected chi connectivity index (χ3v) is 4.42. The summed E-state index contributed by atoms with van der Waals surface area (Å²) >= 11 is 0. The van der Waals surface area contributed by atoms with Gasteiger partial charge in [-0.25, -0.2) is 0 Å². The molecule has 0 spiro atoms. The zero-order valence-corrected chi connectivity index (χ0v) is 12.9. The lowest BCUT2D eigenvalue weighted by molar-refractivity contribution is -0.159. The van der Waals surface area contributed by atoms with E-state index in [-0.39, 0.29) is 18.1 Å². The Bertz CT molecular complexity index is 561. The molecule has 2 fully saturated rings. The third kappa shape index (κ3) is 2.71. The van der Waals surface area contributed by atoms with E-state index in [2.05, 4.69) is 5.32 Å². The largest absolute Gasteiger partial charge is 0.378 e. The van der Waals surface area contributed by atoms with Crippen molar-refractivity contribution in [1.29, 1.82) is 0 Å². The Kier molecular flexibility index (Phi) is 4.13. The highest BCUT2D eigenvalue weighted by Crippen LogP contribution is 2.23. The standard InChI is InChI=1S/C16H21N3O3/c1-18(2)12-9-22-10-13-14(12)17-15(20)16(21)19(13)8-11-6-4-3-5-7-11/h3-7,12-14H,8-10H2,1-2H3,(H,17,20)/t12?,13-,14-/m1/s1. The molecule has 1 aromatic carbocycles. The number of piperazine rings is 1. The van der Waals surface area contributed by atoms with E-state index < -0.39 is 11.8 Å². The normalized spacial score (nSPS) is 28.5. The van der Waals surface area contributed by atoms with Crippen molar-refractivity contribution in [2.75, 3.05) is 27.3 Å². The molecule has 0 bridgehead atoms. The van der Waals surface area contributed by atoms with E-state index in [1.807, 2.05) is 49.3 Å². The van der Waals surface area contributed by atoms with Gasteiger partial charge >= 0.3 is 11.8 Å². The van der Waals surface area contributed by atoms with Gasteiger partial charge in [-0.15, -0.1) is 0 Å². The van der Waals surface area contributed by atoms with Crippen molar-refractivity contribution >= 4 is 11.8 Å². The van der Waals surface area contributed by atoms with Gasteiger partial charge in [-0.3, -0.25) is 9.59 Å². The first-order chi connectivity index (χ1) is 10.6. The van der Waals surface area contributed by atoms with Gasteiger partial charge in [-0.2, -0.15) is 0 Å². The maximum Gasteiger partial charge on any atom is 0.312 e. The van der Waals surface area contributed by atoms with E-state index in [0.29, 0.717) is 19.8 Å². The predicted molar refractivity (Wildman–Crippen MR) is 81.0 cm³/mol. The minimum absolute atomic E-state index is 0.0640. The van der Waals surface area contributed by atoms with E-state index in [9.17, 15) is 9.59 Å². The monoisotopic (exact) mass is 303 g/mol. The van der Waals surface area contributed by atoms with Gasteiger partial charge in [0.15, 0.2) is 0 Å². The zero-order valence-electron chi connectivity index (χ0n) is 12.9. The van der Waals surface area contributed by atoms with E-state index in [1.54, 1.807) is 4.90 Å². The van der Waals surface area contributed by atoms with Crippen LogP contribution in [0.25, 0.3) is 0 Å². The maximum atomic E-state index is 12.3. The van der Waals surface area contributed by atoms with E-state index in [1.165, 1.54) is 0 Å². The number of likely N-dealkylation sites (N-methyl/N-ethyl adjacent to an activating group) is 1. The van der Waals surface area contributed by atoms with Crippen LogP contribution in [0.1, 0.15) is 5.56 Å². The smallest absolute Gasteiger partial charge is 0.312 e. The molecular formula is C16H21N3O3. The maximum absolute atomic E-state index is 12.3. The fourth-order valence-electron chi connectivity index (χ4n) is 3.18. The Morgan fingerprint density at radius 1 is 1.23 bits per heavy atom. The van der Waals surface area contributed by atoms with Crippen molar-refractivity contribution in [3.63, 3.8) is 0 Å². The van der Waals surface area contributed by atoms with Crippen LogP contribution in [0.15, 0.2) is 30.3 Å². The van der Waals surface area contributed by atoms with E-state index >= 15 is 0 Å². The molecule has 6 heteroatoms. The van der Waals surface area contributed by atoms with Crippen molar-refractivity contribution in [2.24, 2.45) is 0 Å². The van der Waals surface area contributed by atoms with Gasteiger partial charge in [0.25, 0.3) is 0 Å².